The van der Waals surface area contributed by atoms with Crippen molar-refractivity contribution in [1.29, 1.82) is 0 Å². The van der Waals surface area contributed by atoms with Crippen LogP contribution in [0.5, 0.6) is 0 Å². The molecule has 0 atom stereocenters. The summed E-state index contributed by atoms with van der Waals surface area (Å²) in [5.74, 6) is 0. The Balaban J connectivity index is 1.61. The highest BCUT2D eigenvalue weighted by Gasteiger charge is 2.19. The van der Waals surface area contributed by atoms with Crippen molar-refractivity contribution in [2.75, 3.05) is 0 Å². The summed E-state index contributed by atoms with van der Waals surface area (Å²) in [5, 5.41) is 12.7. The van der Waals surface area contributed by atoms with Crippen molar-refractivity contribution < 1.29 is 0 Å². The first-order valence-corrected chi connectivity index (χ1v) is 14.1. The molecule has 0 radical (unpaired) electrons. The molecule has 8 rings (SSSR count). The van der Waals surface area contributed by atoms with E-state index >= 15 is 0 Å². The summed E-state index contributed by atoms with van der Waals surface area (Å²) in [4.78, 5) is 0. The molecule has 0 heterocycles. The van der Waals surface area contributed by atoms with Crippen LogP contribution in [-0.2, 0) is 0 Å². The van der Waals surface area contributed by atoms with E-state index < -0.39 is 0 Å². The van der Waals surface area contributed by atoms with Crippen LogP contribution in [0.4, 0.5) is 0 Å². The minimum atomic E-state index is 1.13. The van der Waals surface area contributed by atoms with E-state index in [9.17, 15) is 0 Å². The van der Waals surface area contributed by atoms with Crippen molar-refractivity contribution in [3.05, 3.63) is 144 Å². The fourth-order valence-corrected chi connectivity index (χ4v) is 7.02. The van der Waals surface area contributed by atoms with Gasteiger partial charge < -0.3 is 0 Å². The lowest BCUT2D eigenvalue weighted by Gasteiger charge is -2.20. The zero-order valence-electron chi connectivity index (χ0n) is 21.2. The fraction of sp³-hybridized carbons (Fsp3) is 0. The van der Waals surface area contributed by atoms with E-state index in [0.29, 0.717) is 0 Å². The smallest absolute Gasteiger partial charge is 0.0260 e. The summed E-state index contributed by atoms with van der Waals surface area (Å²) >= 11 is 3.86. The maximum atomic E-state index is 3.86. The molecule has 0 aliphatic carbocycles. The monoisotopic (exact) mass is 558 g/mol. The highest BCUT2D eigenvalue weighted by Crippen LogP contribution is 2.47. The lowest BCUT2D eigenvalue weighted by atomic mass is 9.83. The van der Waals surface area contributed by atoms with Gasteiger partial charge in [-0.1, -0.05) is 143 Å². The van der Waals surface area contributed by atoms with Crippen molar-refractivity contribution in [3.63, 3.8) is 0 Å². The number of benzene rings is 8. The van der Waals surface area contributed by atoms with E-state index in [2.05, 4.69) is 155 Å². The molecule has 0 saturated heterocycles. The molecular formula is C38H23Br. The quantitative estimate of drug-likeness (QED) is 0.146. The summed E-state index contributed by atoms with van der Waals surface area (Å²) < 4.78 is 1.13. The average Bonchev–Trinajstić information content (AvgIpc) is 3.00. The molecule has 0 aliphatic heterocycles. The van der Waals surface area contributed by atoms with Gasteiger partial charge in [0.1, 0.15) is 0 Å². The molecule has 39 heavy (non-hydrogen) atoms. The van der Waals surface area contributed by atoms with Crippen LogP contribution in [0.15, 0.2) is 144 Å². The van der Waals surface area contributed by atoms with Crippen LogP contribution in [0.1, 0.15) is 0 Å². The second-order valence-electron chi connectivity index (χ2n) is 10.2. The first-order chi connectivity index (χ1) is 19.3. The van der Waals surface area contributed by atoms with Crippen LogP contribution >= 0.6 is 15.9 Å². The van der Waals surface area contributed by atoms with Crippen molar-refractivity contribution in [2.24, 2.45) is 0 Å². The van der Waals surface area contributed by atoms with Crippen molar-refractivity contribution in [2.45, 2.75) is 0 Å². The Morgan fingerprint density at radius 2 is 0.718 bits per heavy atom. The highest BCUT2D eigenvalue weighted by molar-refractivity contribution is 9.10. The molecule has 0 bridgehead atoms. The number of halogens is 1. The molecule has 0 saturated carbocycles. The molecule has 0 fully saturated rings. The second kappa shape index (κ2) is 8.80. The molecule has 1 heteroatoms. The average molecular weight is 560 g/mol. The maximum absolute atomic E-state index is 3.86. The Morgan fingerprint density at radius 1 is 0.308 bits per heavy atom. The van der Waals surface area contributed by atoms with Gasteiger partial charge in [0.25, 0.3) is 0 Å². The van der Waals surface area contributed by atoms with Gasteiger partial charge >= 0.3 is 0 Å². The minimum Gasteiger partial charge on any atom is -0.0622 e. The van der Waals surface area contributed by atoms with Crippen LogP contribution in [0, 0.1) is 0 Å². The summed E-state index contributed by atoms with van der Waals surface area (Å²) in [7, 11) is 0. The van der Waals surface area contributed by atoms with Gasteiger partial charge in [-0.2, -0.15) is 0 Å². The van der Waals surface area contributed by atoms with Crippen LogP contribution in [0.3, 0.4) is 0 Å². The Kier molecular flexibility index (Phi) is 5.08. The van der Waals surface area contributed by atoms with Crippen molar-refractivity contribution in [1.82, 2.24) is 0 Å². The third-order valence-corrected chi connectivity index (χ3v) is 8.75. The van der Waals surface area contributed by atoms with Gasteiger partial charge in [-0.05, 0) is 88.2 Å². The van der Waals surface area contributed by atoms with Gasteiger partial charge in [-0.15, -0.1) is 0 Å². The van der Waals surface area contributed by atoms with Crippen molar-refractivity contribution >= 4 is 69.8 Å². The predicted octanol–water partition coefficient (Wildman–Crippen LogP) is 11.5. The Morgan fingerprint density at radius 3 is 1.31 bits per heavy atom. The number of hydrogen-bond acceptors (Lipinski definition) is 0. The van der Waals surface area contributed by atoms with E-state index in [-0.39, 0.29) is 0 Å². The van der Waals surface area contributed by atoms with Gasteiger partial charge in [0, 0.05) is 4.47 Å². The van der Waals surface area contributed by atoms with Crippen LogP contribution in [-0.4, -0.2) is 0 Å². The standard InChI is InChI=1S/C38H23Br/c39-36-23-34-25-14-4-5-15-26(25)35(22-33(34)27-16-6-7-17-28(27)36)38-31-20-10-8-18-29(31)37(24-12-2-1-3-13-24)30-19-9-11-21-32(30)38/h1-23H. The second-order valence-corrected chi connectivity index (χ2v) is 11.0. The lowest BCUT2D eigenvalue weighted by molar-refractivity contribution is 1.67. The Bertz CT molecular complexity index is 2170. The zero-order valence-corrected chi connectivity index (χ0v) is 22.7. The third-order valence-electron chi connectivity index (χ3n) is 8.10. The number of fused-ring (bicyclic) bond motifs is 7. The summed E-state index contributed by atoms with van der Waals surface area (Å²) in [6, 6.07) is 50.9. The van der Waals surface area contributed by atoms with Gasteiger partial charge in [0.05, 0.1) is 0 Å². The number of rotatable bonds is 2. The normalized spacial score (nSPS) is 11.7. The van der Waals surface area contributed by atoms with Crippen LogP contribution in [0.25, 0.3) is 76.1 Å². The highest BCUT2D eigenvalue weighted by atomic mass is 79.9. The SMILES string of the molecule is Brc1cc2c3ccccc3c(-c3c4ccccc4c(-c4ccccc4)c4ccccc34)cc2c2ccccc12. The van der Waals surface area contributed by atoms with E-state index in [1.54, 1.807) is 0 Å². The third kappa shape index (κ3) is 3.37. The fourth-order valence-electron chi connectivity index (χ4n) is 6.45. The first kappa shape index (κ1) is 22.5. The molecule has 0 aliphatic rings. The largest absolute Gasteiger partial charge is 0.0622 e. The van der Waals surface area contributed by atoms with Crippen LogP contribution in [0.2, 0.25) is 0 Å². The summed E-state index contributed by atoms with van der Waals surface area (Å²) in [5.41, 5.74) is 5.12. The van der Waals surface area contributed by atoms with Crippen LogP contribution < -0.4 is 0 Å². The molecule has 8 aromatic rings. The molecule has 0 N–H and O–H groups in total. The molecule has 0 amide bonds. The first-order valence-electron chi connectivity index (χ1n) is 13.3. The minimum absolute atomic E-state index is 1.13. The molecule has 8 aromatic carbocycles. The van der Waals surface area contributed by atoms with E-state index in [1.165, 1.54) is 76.1 Å². The molecule has 0 spiro atoms. The molecule has 0 nitrogen and oxygen atoms in total. The van der Waals surface area contributed by atoms with Crippen molar-refractivity contribution in [3.8, 4) is 22.3 Å². The maximum Gasteiger partial charge on any atom is 0.0260 e. The molecule has 182 valence electrons. The predicted molar refractivity (Wildman–Crippen MR) is 173 cm³/mol. The summed E-state index contributed by atoms with van der Waals surface area (Å²) in [6.45, 7) is 0. The lowest BCUT2D eigenvalue weighted by Crippen LogP contribution is -1.92. The molecule has 0 unspecified atom stereocenters. The number of hydrogen-bond donors (Lipinski definition) is 0. The Hall–Kier alpha value is -4.46. The van der Waals surface area contributed by atoms with Gasteiger partial charge in [-0.25, -0.2) is 0 Å². The van der Waals surface area contributed by atoms with Gasteiger partial charge in [-0.3, -0.25) is 0 Å². The van der Waals surface area contributed by atoms with E-state index in [0.717, 1.165) is 4.47 Å². The molecular weight excluding hydrogens is 536 g/mol. The van der Waals surface area contributed by atoms with E-state index in [1.807, 2.05) is 0 Å². The molecule has 0 aromatic heterocycles. The van der Waals surface area contributed by atoms with E-state index in [4.69, 9.17) is 0 Å². The van der Waals surface area contributed by atoms with Gasteiger partial charge in [0.15, 0.2) is 0 Å². The summed E-state index contributed by atoms with van der Waals surface area (Å²) in [6.07, 6.45) is 0. The Labute approximate surface area is 235 Å². The topological polar surface area (TPSA) is 0 Å². The zero-order chi connectivity index (χ0) is 25.9. The van der Waals surface area contributed by atoms with Gasteiger partial charge in [0.2, 0.25) is 0 Å².